The van der Waals surface area contributed by atoms with Gasteiger partial charge in [-0.15, -0.1) is 0 Å². The normalized spacial score (nSPS) is 9.88. The van der Waals surface area contributed by atoms with Crippen molar-refractivity contribution >= 4 is 5.91 Å². The molecule has 4 nitrogen and oxygen atoms in total. The summed E-state index contributed by atoms with van der Waals surface area (Å²) < 4.78 is 5.13. The van der Waals surface area contributed by atoms with Crippen molar-refractivity contribution in [2.45, 2.75) is 12.8 Å². The number of nitrogens with one attached hydrogen (secondary N) is 1. The van der Waals surface area contributed by atoms with Crippen LogP contribution in [0.2, 0.25) is 0 Å². The maximum Gasteiger partial charge on any atom is 0.233 e. The molecule has 0 radical (unpaired) electrons. The fourth-order valence-corrected chi connectivity index (χ4v) is 1.42. The van der Waals surface area contributed by atoms with Crippen LogP contribution in [-0.2, 0) is 11.2 Å². The summed E-state index contributed by atoms with van der Waals surface area (Å²) in [4.78, 5) is 10.9. The van der Waals surface area contributed by atoms with Gasteiger partial charge < -0.3 is 15.8 Å². The molecule has 3 N–H and O–H groups in total. The summed E-state index contributed by atoms with van der Waals surface area (Å²) in [6.07, 6.45) is 1.82. The predicted octanol–water partition coefficient (Wildman–Crippen LogP) is 0.703. The number of methoxy groups -OCH3 is 1. The fourth-order valence-electron chi connectivity index (χ4n) is 1.42. The van der Waals surface area contributed by atoms with Gasteiger partial charge in [-0.3, -0.25) is 4.79 Å². The van der Waals surface area contributed by atoms with Crippen LogP contribution in [0.15, 0.2) is 24.3 Å². The third kappa shape index (κ3) is 4.31. The maximum absolute atomic E-state index is 10.9. The van der Waals surface area contributed by atoms with Crippen LogP contribution in [0.1, 0.15) is 12.0 Å². The second kappa shape index (κ2) is 6.85. The molecule has 1 amide bonds. The van der Waals surface area contributed by atoms with E-state index < -0.39 is 0 Å². The lowest BCUT2D eigenvalue weighted by Crippen LogP contribution is -2.31. The topological polar surface area (TPSA) is 64.3 Å². The maximum atomic E-state index is 10.9. The first-order chi connectivity index (χ1) is 7.76. The fraction of sp³-hybridized carbons (Fsp3) is 0.417. The molecule has 1 aromatic rings. The molecule has 0 aliphatic rings. The Balaban J connectivity index is 2.28. The highest BCUT2D eigenvalue weighted by atomic mass is 16.5. The zero-order valence-corrected chi connectivity index (χ0v) is 9.53. The van der Waals surface area contributed by atoms with Crippen molar-refractivity contribution in [3.8, 4) is 5.75 Å². The molecule has 0 atom stereocenters. The molecule has 4 heteroatoms. The second-order valence-electron chi connectivity index (χ2n) is 3.51. The van der Waals surface area contributed by atoms with Gasteiger partial charge in [0.05, 0.1) is 13.7 Å². The number of amides is 1. The largest absolute Gasteiger partial charge is 0.497 e. The van der Waals surface area contributed by atoms with Crippen molar-refractivity contribution < 1.29 is 9.53 Å². The van der Waals surface area contributed by atoms with Gasteiger partial charge in [-0.2, -0.15) is 0 Å². The van der Waals surface area contributed by atoms with Crippen LogP contribution in [0, 0.1) is 0 Å². The lowest BCUT2D eigenvalue weighted by Gasteiger charge is -2.05. The highest BCUT2D eigenvalue weighted by Gasteiger charge is 1.98. The van der Waals surface area contributed by atoms with Gasteiger partial charge in [0.25, 0.3) is 0 Å². The van der Waals surface area contributed by atoms with Crippen LogP contribution in [0.4, 0.5) is 0 Å². The molecule has 1 rings (SSSR count). The van der Waals surface area contributed by atoms with Crippen LogP contribution < -0.4 is 15.8 Å². The Morgan fingerprint density at radius 1 is 1.50 bits per heavy atom. The minimum Gasteiger partial charge on any atom is -0.497 e. The van der Waals surface area contributed by atoms with Gasteiger partial charge in [0.2, 0.25) is 5.91 Å². The number of hydrogen-bond acceptors (Lipinski definition) is 3. The third-order valence-electron chi connectivity index (χ3n) is 2.28. The predicted molar refractivity (Wildman–Crippen MR) is 63.4 cm³/mol. The SMILES string of the molecule is COc1cccc(CCCNC(=O)CN)c1. The summed E-state index contributed by atoms with van der Waals surface area (Å²) in [6, 6.07) is 7.93. The second-order valence-corrected chi connectivity index (χ2v) is 3.51. The molecule has 88 valence electrons. The van der Waals surface area contributed by atoms with Gasteiger partial charge in [0.15, 0.2) is 0 Å². The Labute approximate surface area is 95.8 Å². The van der Waals surface area contributed by atoms with Crippen molar-refractivity contribution in [2.24, 2.45) is 5.73 Å². The molecule has 0 saturated heterocycles. The van der Waals surface area contributed by atoms with E-state index in [0.717, 1.165) is 18.6 Å². The van der Waals surface area contributed by atoms with E-state index in [9.17, 15) is 4.79 Å². The summed E-state index contributed by atoms with van der Waals surface area (Å²) in [5.41, 5.74) is 6.38. The van der Waals surface area contributed by atoms with Crippen molar-refractivity contribution in [3.63, 3.8) is 0 Å². The number of nitrogens with two attached hydrogens (primary N) is 1. The number of benzene rings is 1. The van der Waals surface area contributed by atoms with E-state index in [1.807, 2.05) is 24.3 Å². The molecule has 0 aliphatic heterocycles. The number of ether oxygens (including phenoxy) is 1. The number of carbonyl (C=O) groups is 1. The Kier molecular flexibility index (Phi) is 5.36. The smallest absolute Gasteiger partial charge is 0.233 e. The van der Waals surface area contributed by atoms with Crippen LogP contribution in [0.3, 0.4) is 0 Å². The van der Waals surface area contributed by atoms with Gasteiger partial charge in [-0.05, 0) is 30.5 Å². The number of rotatable bonds is 6. The monoisotopic (exact) mass is 222 g/mol. The lowest BCUT2D eigenvalue weighted by atomic mass is 10.1. The Hall–Kier alpha value is -1.55. The summed E-state index contributed by atoms with van der Waals surface area (Å²) in [6.45, 7) is 0.715. The van der Waals surface area contributed by atoms with E-state index in [4.69, 9.17) is 10.5 Å². The zero-order chi connectivity index (χ0) is 11.8. The Morgan fingerprint density at radius 3 is 3.00 bits per heavy atom. The molecule has 0 bridgehead atoms. The summed E-state index contributed by atoms with van der Waals surface area (Å²) >= 11 is 0. The van der Waals surface area contributed by atoms with Crippen molar-refractivity contribution in [3.05, 3.63) is 29.8 Å². The molecule has 0 heterocycles. The number of hydrogen-bond donors (Lipinski definition) is 2. The number of carbonyl (C=O) groups excluding carboxylic acids is 1. The van der Waals surface area contributed by atoms with E-state index in [1.165, 1.54) is 5.56 Å². The van der Waals surface area contributed by atoms with Gasteiger partial charge >= 0.3 is 0 Å². The minimum absolute atomic E-state index is 0.0547. The summed E-state index contributed by atoms with van der Waals surface area (Å²) in [7, 11) is 1.65. The van der Waals surface area contributed by atoms with Crippen molar-refractivity contribution in [1.29, 1.82) is 0 Å². The highest BCUT2D eigenvalue weighted by molar-refractivity contribution is 5.77. The van der Waals surface area contributed by atoms with E-state index in [2.05, 4.69) is 5.32 Å². The van der Waals surface area contributed by atoms with Crippen molar-refractivity contribution in [2.75, 3.05) is 20.2 Å². The quantitative estimate of drug-likeness (QED) is 0.696. The van der Waals surface area contributed by atoms with E-state index in [-0.39, 0.29) is 12.5 Å². The van der Waals surface area contributed by atoms with Gasteiger partial charge in [0.1, 0.15) is 5.75 Å². The van der Waals surface area contributed by atoms with Crippen LogP contribution in [0.5, 0.6) is 5.75 Å². The first kappa shape index (κ1) is 12.5. The third-order valence-corrected chi connectivity index (χ3v) is 2.28. The molecule has 0 unspecified atom stereocenters. The molecule has 0 spiro atoms. The van der Waals surface area contributed by atoms with Gasteiger partial charge in [0, 0.05) is 6.54 Å². The molecule has 1 aromatic carbocycles. The number of aryl methyl sites for hydroxylation is 1. The molecule has 0 aromatic heterocycles. The molecule has 0 aliphatic carbocycles. The molecule has 0 saturated carbocycles. The first-order valence-corrected chi connectivity index (χ1v) is 5.36. The van der Waals surface area contributed by atoms with E-state index >= 15 is 0 Å². The Bertz CT molecular complexity index is 340. The summed E-state index contributed by atoms with van der Waals surface area (Å²) in [5.74, 6) is 0.758. The summed E-state index contributed by atoms with van der Waals surface area (Å²) in [5, 5.41) is 2.74. The van der Waals surface area contributed by atoms with Gasteiger partial charge in [-0.25, -0.2) is 0 Å². The van der Waals surface area contributed by atoms with E-state index in [0.29, 0.717) is 6.54 Å². The first-order valence-electron chi connectivity index (χ1n) is 5.36. The van der Waals surface area contributed by atoms with Crippen LogP contribution >= 0.6 is 0 Å². The standard InChI is InChI=1S/C12H18N2O2/c1-16-11-6-2-4-10(8-11)5-3-7-14-12(15)9-13/h2,4,6,8H,3,5,7,9,13H2,1H3,(H,14,15). The molecule has 0 fully saturated rings. The average Bonchev–Trinajstić information content (AvgIpc) is 2.34. The molecular formula is C12H18N2O2. The van der Waals surface area contributed by atoms with Gasteiger partial charge in [-0.1, -0.05) is 12.1 Å². The zero-order valence-electron chi connectivity index (χ0n) is 9.53. The van der Waals surface area contributed by atoms with Crippen molar-refractivity contribution in [1.82, 2.24) is 5.32 Å². The van der Waals surface area contributed by atoms with Crippen LogP contribution in [-0.4, -0.2) is 26.1 Å². The average molecular weight is 222 g/mol. The Morgan fingerprint density at radius 2 is 2.31 bits per heavy atom. The molecule has 16 heavy (non-hydrogen) atoms. The lowest BCUT2D eigenvalue weighted by molar-refractivity contribution is -0.119. The highest BCUT2D eigenvalue weighted by Crippen LogP contribution is 2.13. The van der Waals surface area contributed by atoms with E-state index in [1.54, 1.807) is 7.11 Å². The minimum atomic E-state index is -0.106. The molecular weight excluding hydrogens is 204 g/mol. The van der Waals surface area contributed by atoms with Crippen LogP contribution in [0.25, 0.3) is 0 Å².